The van der Waals surface area contributed by atoms with Gasteiger partial charge in [-0.2, -0.15) is 0 Å². The number of carbonyl (C=O) groups excluding carboxylic acids is 2. The lowest BCUT2D eigenvalue weighted by Gasteiger charge is -2.16. The van der Waals surface area contributed by atoms with Gasteiger partial charge in [-0.25, -0.2) is 0 Å². The van der Waals surface area contributed by atoms with Gasteiger partial charge in [-0.1, -0.05) is 12.8 Å². The van der Waals surface area contributed by atoms with E-state index in [-0.39, 0.29) is 18.4 Å². The molecule has 0 spiro atoms. The third-order valence-electron chi connectivity index (χ3n) is 4.81. The van der Waals surface area contributed by atoms with E-state index in [0.717, 1.165) is 23.5 Å². The molecule has 1 N–H and O–H groups in total. The van der Waals surface area contributed by atoms with Gasteiger partial charge in [0.25, 0.3) is 5.91 Å². The average molecular weight is 387 g/mol. The number of ether oxygens (including phenoxy) is 1. The maximum atomic E-state index is 12.7. The highest BCUT2D eigenvalue weighted by atomic mass is 32.1. The van der Waals surface area contributed by atoms with Crippen molar-refractivity contribution in [1.82, 2.24) is 4.90 Å². The van der Waals surface area contributed by atoms with Crippen LogP contribution < -0.4 is 10.1 Å². The summed E-state index contributed by atoms with van der Waals surface area (Å²) >= 11 is 1.59. The third-order valence-corrected chi connectivity index (χ3v) is 6.03. The number of aryl methyl sites for hydroxylation is 2. The number of nitrogens with one attached hydrogen (secondary N) is 1. The number of thiophene rings is 1. The van der Waals surface area contributed by atoms with Crippen molar-refractivity contribution in [3.05, 3.63) is 45.6 Å². The Morgan fingerprint density at radius 3 is 2.52 bits per heavy atom. The van der Waals surface area contributed by atoms with Crippen LogP contribution in [0.15, 0.2) is 30.3 Å². The van der Waals surface area contributed by atoms with E-state index in [4.69, 9.17) is 4.74 Å². The van der Waals surface area contributed by atoms with E-state index in [1.54, 1.807) is 49.8 Å². The van der Waals surface area contributed by atoms with Crippen LogP contribution in [-0.2, 0) is 17.6 Å². The smallest absolute Gasteiger partial charge is 0.264 e. The highest BCUT2D eigenvalue weighted by Gasteiger charge is 2.20. The van der Waals surface area contributed by atoms with Gasteiger partial charge in [0.2, 0.25) is 5.91 Å². The topological polar surface area (TPSA) is 58.6 Å². The van der Waals surface area contributed by atoms with Gasteiger partial charge < -0.3 is 15.0 Å². The summed E-state index contributed by atoms with van der Waals surface area (Å²) in [5.41, 5.74) is 2.00. The molecule has 0 aliphatic heterocycles. The van der Waals surface area contributed by atoms with E-state index in [9.17, 15) is 9.59 Å². The number of hydrogen-bond acceptors (Lipinski definition) is 4. The van der Waals surface area contributed by atoms with Crippen molar-refractivity contribution >= 4 is 28.8 Å². The number of rotatable bonds is 5. The van der Waals surface area contributed by atoms with Crippen LogP contribution in [0.5, 0.6) is 5.75 Å². The summed E-state index contributed by atoms with van der Waals surface area (Å²) in [6, 6.07) is 9.15. The van der Waals surface area contributed by atoms with Gasteiger partial charge in [0, 0.05) is 17.6 Å². The first kappa shape index (κ1) is 19.4. The van der Waals surface area contributed by atoms with Crippen molar-refractivity contribution in [2.75, 3.05) is 26.0 Å². The lowest BCUT2D eigenvalue weighted by Crippen LogP contribution is -2.34. The number of fused-ring (bicyclic) bond motifs is 1. The van der Waals surface area contributed by atoms with Gasteiger partial charge >= 0.3 is 0 Å². The maximum absolute atomic E-state index is 12.7. The molecule has 3 rings (SSSR count). The predicted octanol–water partition coefficient (Wildman–Crippen LogP) is 4.13. The first-order valence-electron chi connectivity index (χ1n) is 9.38. The normalized spacial score (nSPS) is 13.9. The lowest BCUT2D eigenvalue weighted by molar-refractivity contribution is -0.116. The molecule has 1 aromatic carbocycles. The number of methoxy groups -OCH3 is 1. The minimum atomic E-state index is -0.217. The monoisotopic (exact) mass is 386 g/mol. The zero-order valence-electron chi connectivity index (χ0n) is 15.9. The van der Waals surface area contributed by atoms with Crippen LogP contribution in [0.2, 0.25) is 0 Å². The van der Waals surface area contributed by atoms with Gasteiger partial charge in [-0.3, -0.25) is 9.59 Å². The number of benzene rings is 1. The molecular weight excluding hydrogens is 360 g/mol. The molecule has 0 fully saturated rings. The summed E-state index contributed by atoms with van der Waals surface area (Å²) in [6.45, 7) is 0.0213. The Morgan fingerprint density at radius 1 is 1.11 bits per heavy atom. The highest BCUT2D eigenvalue weighted by Crippen LogP contribution is 2.29. The third kappa shape index (κ3) is 5.10. The van der Waals surface area contributed by atoms with E-state index < -0.39 is 0 Å². The molecule has 1 aromatic heterocycles. The molecule has 1 aliphatic carbocycles. The molecule has 0 atom stereocenters. The van der Waals surface area contributed by atoms with Gasteiger partial charge in [0.1, 0.15) is 5.75 Å². The molecule has 1 heterocycles. The Kier molecular flexibility index (Phi) is 6.50. The molecule has 2 amide bonds. The SMILES string of the molecule is COc1ccc(NC(=O)CN(C)C(=O)c2cc3c(s2)CCCCCC3)cc1. The number of nitrogens with zero attached hydrogens (tertiary/aromatic N) is 1. The number of hydrogen-bond donors (Lipinski definition) is 1. The quantitative estimate of drug-likeness (QED) is 0.841. The van der Waals surface area contributed by atoms with Crippen LogP contribution >= 0.6 is 11.3 Å². The van der Waals surface area contributed by atoms with Crippen molar-refractivity contribution in [2.24, 2.45) is 0 Å². The summed E-state index contributed by atoms with van der Waals surface area (Å²) in [5.74, 6) is 0.427. The first-order valence-corrected chi connectivity index (χ1v) is 10.2. The van der Waals surface area contributed by atoms with Crippen LogP contribution in [-0.4, -0.2) is 37.4 Å². The Labute approximate surface area is 164 Å². The minimum absolute atomic E-state index is 0.0213. The summed E-state index contributed by atoms with van der Waals surface area (Å²) < 4.78 is 5.10. The molecule has 0 bridgehead atoms. The van der Waals surface area contributed by atoms with Crippen molar-refractivity contribution in [2.45, 2.75) is 38.5 Å². The Morgan fingerprint density at radius 2 is 1.81 bits per heavy atom. The standard InChI is InChI=1S/C21H26N2O3S/c1-23(14-20(24)22-16-9-11-17(26-2)12-10-16)21(25)19-13-15-7-5-3-4-6-8-18(15)27-19/h9-13H,3-8,14H2,1-2H3,(H,22,24). The molecular formula is C21H26N2O3S. The van der Waals surface area contributed by atoms with E-state index in [1.807, 2.05) is 6.07 Å². The summed E-state index contributed by atoms with van der Waals surface area (Å²) in [7, 11) is 3.27. The van der Waals surface area contributed by atoms with Crippen molar-refractivity contribution in [3.63, 3.8) is 0 Å². The summed E-state index contributed by atoms with van der Waals surface area (Å²) in [5, 5.41) is 2.81. The van der Waals surface area contributed by atoms with E-state index in [2.05, 4.69) is 5.32 Å². The van der Waals surface area contributed by atoms with Crippen LogP contribution in [0.1, 0.15) is 45.8 Å². The zero-order chi connectivity index (χ0) is 19.2. The van der Waals surface area contributed by atoms with Crippen molar-refractivity contribution < 1.29 is 14.3 Å². The first-order chi connectivity index (χ1) is 13.1. The minimum Gasteiger partial charge on any atom is -0.497 e. The van der Waals surface area contributed by atoms with Crippen LogP contribution in [0, 0.1) is 0 Å². The lowest BCUT2D eigenvalue weighted by atomic mass is 10.00. The fourth-order valence-corrected chi connectivity index (χ4v) is 4.55. The molecule has 0 saturated heterocycles. The van der Waals surface area contributed by atoms with E-state index in [1.165, 1.54) is 41.0 Å². The second-order valence-electron chi connectivity index (χ2n) is 6.91. The van der Waals surface area contributed by atoms with E-state index >= 15 is 0 Å². The summed E-state index contributed by atoms with van der Waals surface area (Å²) in [4.78, 5) is 28.6. The Bertz CT molecular complexity index is 773. The number of amides is 2. The molecule has 0 saturated carbocycles. The molecule has 27 heavy (non-hydrogen) atoms. The fourth-order valence-electron chi connectivity index (χ4n) is 3.30. The number of likely N-dealkylation sites (N-methyl/N-ethyl adjacent to an activating group) is 1. The molecule has 144 valence electrons. The van der Waals surface area contributed by atoms with Crippen LogP contribution in [0.25, 0.3) is 0 Å². The van der Waals surface area contributed by atoms with Crippen LogP contribution in [0.4, 0.5) is 5.69 Å². The molecule has 0 unspecified atom stereocenters. The van der Waals surface area contributed by atoms with Crippen molar-refractivity contribution in [1.29, 1.82) is 0 Å². The molecule has 6 heteroatoms. The van der Waals surface area contributed by atoms with E-state index in [0.29, 0.717) is 5.69 Å². The van der Waals surface area contributed by atoms with Gasteiger partial charge in [-0.15, -0.1) is 11.3 Å². The zero-order valence-corrected chi connectivity index (χ0v) is 16.7. The molecule has 2 aromatic rings. The van der Waals surface area contributed by atoms with Crippen LogP contribution in [0.3, 0.4) is 0 Å². The average Bonchev–Trinajstić information content (AvgIpc) is 3.03. The van der Waals surface area contributed by atoms with Crippen molar-refractivity contribution in [3.8, 4) is 5.75 Å². The van der Waals surface area contributed by atoms with Gasteiger partial charge in [-0.05, 0) is 61.6 Å². The molecule has 0 radical (unpaired) electrons. The number of anilines is 1. The maximum Gasteiger partial charge on any atom is 0.264 e. The highest BCUT2D eigenvalue weighted by molar-refractivity contribution is 7.14. The predicted molar refractivity (Wildman–Crippen MR) is 109 cm³/mol. The second-order valence-corrected chi connectivity index (χ2v) is 8.05. The largest absolute Gasteiger partial charge is 0.497 e. The number of carbonyl (C=O) groups is 2. The second kappa shape index (κ2) is 9.04. The van der Waals surface area contributed by atoms with Gasteiger partial charge in [0.15, 0.2) is 0 Å². The molecule has 1 aliphatic rings. The fraction of sp³-hybridized carbons (Fsp3) is 0.429. The summed E-state index contributed by atoms with van der Waals surface area (Å²) in [6.07, 6.45) is 7.05. The Balaban J connectivity index is 1.59. The van der Waals surface area contributed by atoms with Gasteiger partial charge in [0.05, 0.1) is 18.5 Å². The molecule has 5 nitrogen and oxygen atoms in total. The Hall–Kier alpha value is -2.34.